The van der Waals surface area contributed by atoms with Crippen molar-refractivity contribution in [2.45, 2.75) is 135 Å². The highest BCUT2D eigenvalue weighted by Crippen LogP contribution is 2.57. The molecule has 0 spiro atoms. The lowest BCUT2D eigenvalue weighted by Gasteiger charge is -2.32. The van der Waals surface area contributed by atoms with E-state index in [-0.39, 0.29) is 43.7 Å². The Morgan fingerprint density at radius 3 is 2.49 bits per heavy atom. The zero-order chi connectivity index (χ0) is 47.9. The van der Waals surface area contributed by atoms with Gasteiger partial charge in [0.2, 0.25) is 27.7 Å². The van der Waals surface area contributed by atoms with Crippen LogP contribution < -0.4 is 18.9 Å². The van der Waals surface area contributed by atoms with E-state index < -0.39 is 93.0 Å². The number of allylic oxidation sites excluding steroid dienone is 2. The molecule has 0 bridgehead atoms. The normalized spacial score (nSPS) is 28.3. The van der Waals surface area contributed by atoms with Crippen LogP contribution >= 0.6 is 0 Å². The lowest BCUT2D eigenvalue weighted by Crippen LogP contribution is -2.47. The van der Waals surface area contributed by atoms with Gasteiger partial charge >= 0.3 is 5.97 Å². The first-order valence-corrected chi connectivity index (χ1v) is 23.6. The SMILES string of the molecule is [2H]C([2H])([2H])C(C)(C)OC(=O)C[C@@H]1C(=O)N2C[C@H](Oc3nc(-c4ccc(OC(C)C)cn4)cc4cc(OC)ccc34)C[C@H]2C(=O)C[C@]2(C(=O)NS(=O)(=O)C3CC3)C[C@H]2/C=C\CC[C@@H](C)C[C@H]1C. The minimum Gasteiger partial charge on any atom is -0.497 e. The van der Waals surface area contributed by atoms with Gasteiger partial charge in [-0.2, -0.15) is 0 Å². The Balaban J connectivity index is 1.26. The van der Waals surface area contributed by atoms with Crippen LogP contribution in [0, 0.1) is 29.1 Å². The number of nitrogens with one attached hydrogen (secondary N) is 1. The van der Waals surface area contributed by atoms with E-state index in [0.29, 0.717) is 54.0 Å². The van der Waals surface area contributed by atoms with Gasteiger partial charge in [0.05, 0.1) is 66.4 Å². The second kappa shape index (κ2) is 18.2. The smallest absolute Gasteiger partial charge is 0.307 e. The summed E-state index contributed by atoms with van der Waals surface area (Å²) in [5.41, 5.74) is -2.17. The lowest BCUT2D eigenvalue weighted by atomic mass is 9.82. The fraction of sp³-hybridized carbons (Fsp3) is 0.583. The fourth-order valence-electron chi connectivity index (χ4n) is 9.08. The van der Waals surface area contributed by atoms with E-state index in [2.05, 4.69) is 9.71 Å². The number of ketones is 1. The predicted molar refractivity (Wildman–Crippen MR) is 237 cm³/mol. The van der Waals surface area contributed by atoms with E-state index in [0.717, 1.165) is 11.8 Å². The molecular weight excluding hydrogens is 825 g/mol. The largest absolute Gasteiger partial charge is 0.497 e. The van der Waals surface area contributed by atoms with Gasteiger partial charge in [-0.25, -0.2) is 13.4 Å². The van der Waals surface area contributed by atoms with E-state index in [1.807, 2.05) is 58.0 Å². The average molecular weight is 890 g/mol. The molecule has 63 heavy (non-hydrogen) atoms. The standard InChI is InChI=1S/C48H62N4O10S/c1-28(2)60-34-14-18-39(49-26-34)40-21-31-20-33(59-8)13-17-37(31)44(50-40)61-35-22-41-42(53)25-48(46(56)51-63(57,58)36-15-16-36)24-32(48)12-10-9-11-29(3)19-30(4)38(45(55)52(41)27-35)23-43(54)62-47(5,6)7/h10,12-14,17-18,20-21,26,28-30,32,35-36,38,41H,9,11,15-16,19,22-25,27H2,1-8H3,(H,51,56)/b12-10-/t29-,30-,32-,35-,38+,41+,48-/m1/s1/i5D3. The van der Waals surface area contributed by atoms with Gasteiger partial charge in [-0.1, -0.05) is 26.0 Å². The van der Waals surface area contributed by atoms with E-state index in [1.54, 1.807) is 31.5 Å². The Morgan fingerprint density at radius 2 is 1.81 bits per heavy atom. The summed E-state index contributed by atoms with van der Waals surface area (Å²) < 4.78 is 75.9. The molecule has 2 aliphatic heterocycles. The zero-order valence-electron chi connectivity index (χ0n) is 40.2. The first kappa shape index (κ1) is 41.9. The summed E-state index contributed by atoms with van der Waals surface area (Å²) in [5.74, 6) is -2.89. The second-order valence-electron chi connectivity index (χ2n) is 18.8. The number of benzene rings is 1. The van der Waals surface area contributed by atoms with Crippen molar-refractivity contribution in [1.29, 1.82) is 0 Å². The van der Waals surface area contributed by atoms with E-state index in [1.165, 1.54) is 18.7 Å². The number of fused-ring (bicyclic) bond motifs is 3. The van der Waals surface area contributed by atoms with Gasteiger partial charge in [-0.3, -0.25) is 28.9 Å². The molecule has 1 saturated heterocycles. The fourth-order valence-corrected chi connectivity index (χ4v) is 10.5. The van der Waals surface area contributed by atoms with E-state index in [9.17, 15) is 22.8 Å². The van der Waals surface area contributed by atoms with Crippen LogP contribution in [0.3, 0.4) is 0 Å². The monoisotopic (exact) mass is 889 g/mol. The predicted octanol–water partition coefficient (Wildman–Crippen LogP) is 7.38. The third kappa shape index (κ3) is 10.8. The maximum atomic E-state index is 15.2. The quantitative estimate of drug-likeness (QED) is 0.149. The summed E-state index contributed by atoms with van der Waals surface area (Å²) in [6, 6.07) is 9.72. The Bertz CT molecular complexity index is 2480. The van der Waals surface area contributed by atoms with Gasteiger partial charge in [-0.05, 0) is 133 Å². The maximum absolute atomic E-state index is 15.2. The minimum atomic E-state index is -3.93. The van der Waals surface area contributed by atoms with Crippen molar-refractivity contribution >= 4 is 44.4 Å². The number of amides is 2. The van der Waals surface area contributed by atoms with Crippen molar-refractivity contribution in [3.05, 3.63) is 54.7 Å². The Hall–Kier alpha value is -5.05. The van der Waals surface area contributed by atoms with Crippen molar-refractivity contribution in [2.75, 3.05) is 13.7 Å². The molecule has 1 N–H and O–H groups in total. The van der Waals surface area contributed by atoms with E-state index >= 15 is 4.79 Å². The zero-order valence-corrected chi connectivity index (χ0v) is 38.0. The van der Waals surface area contributed by atoms with Gasteiger partial charge in [-0.15, -0.1) is 0 Å². The van der Waals surface area contributed by atoms with Crippen molar-refractivity contribution in [2.24, 2.45) is 29.1 Å². The van der Waals surface area contributed by atoms with Crippen LogP contribution in [-0.4, -0.2) is 89.6 Å². The number of methoxy groups -OCH3 is 1. The first-order valence-electron chi connectivity index (χ1n) is 23.6. The third-order valence-electron chi connectivity index (χ3n) is 12.6. The molecule has 2 aromatic heterocycles. The number of carbonyl (C=O) groups excluding carboxylic acids is 4. The number of carbonyl (C=O) groups is 4. The molecular formula is C48H62N4O10S. The number of esters is 1. The summed E-state index contributed by atoms with van der Waals surface area (Å²) in [4.78, 5) is 68.8. The summed E-state index contributed by atoms with van der Waals surface area (Å²) in [6.45, 7) is 7.63. The average Bonchev–Trinajstić information content (AvgIpc) is 4.17. The molecule has 3 fully saturated rings. The molecule has 14 nitrogen and oxygen atoms in total. The highest BCUT2D eigenvalue weighted by molar-refractivity contribution is 7.90. The molecule has 0 radical (unpaired) electrons. The summed E-state index contributed by atoms with van der Waals surface area (Å²) >= 11 is 0. The van der Waals surface area contributed by atoms with Gasteiger partial charge in [0, 0.05) is 22.3 Å². The van der Waals surface area contributed by atoms with Crippen LogP contribution in [0.15, 0.2) is 54.7 Å². The minimum absolute atomic E-state index is 0.000223. The van der Waals surface area contributed by atoms with Crippen molar-refractivity contribution in [3.8, 4) is 28.8 Å². The lowest BCUT2D eigenvalue weighted by molar-refractivity contribution is -0.160. The Kier molecular flexibility index (Phi) is 12.1. The molecule has 2 amide bonds. The van der Waals surface area contributed by atoms with Crippen molar-refractivity contribution < 1.29 is 50.7 Å². The highest BCUT2D eigenvalue weighted by atomic mass is 32.2. The van der Waals surface area contributed by atoms with Crippen molar-refractivity contribution in [1.82, 2.24) is 19.6 Å². The van der Waals surface area contributed by atoms with Crippen LogP contribution in [0.5, 0.6) is 17.4 Å². The summed E-state index contributed by atoms with van der Waals surface area (Å²) in [5, 5.41) is 0.698. The molecule has 4 heterocycles. The van der Waals surface area contributed by atoms with Gasteiger partial charge in [0.1, 0.15) is 23.2 Å². The number of rotatable bonds is 11. The Labute approximate surface area is 375 Å². The number of ether oxygens (including phenoxy) is 4. The number of hydrogen-bond acceptors (Lipinski definition) is 12. The Morgan fingerprint density at radius 1 is 1.05 bits per heavy atom. The molecule has 7 atom stereocenters. The van der Waals surface area contributed by atoms with Crippen LogP contribution in [0.4, 0.5) is 0 Å². The van der Waals surface area contributed by atoms with Gasteiger partial charge < -0.3 is 23.8 Å². The number of nitrogens with zero attached hydrogens (tertiary/aromatic N) is 3. The molecule has 2 saturated carbocycles. The number of sulfonamides is 1. The topological polar surface area (TPSA) is 180 Å². The molecule has 7 rings (SSSR count). The molecule has 1 aromatic carbocycles. The molecule has 4 aliphatic rings. The van der Waals surface area contributed by atoms with Gasteiger partial charge in [0.25, 0.3) is 0 Å². The molecule has 0 unspecified atom stereocenters. The van der Waals surface area contributed by atoms with Crippen LogP contribution in [-0.2, 0) is 33.9 Å². The number of aromatic nitrogens is 2. The number of hydrogen-bond donors (Lipinski definition) is 1. The molecule has 3 aromatic rings. The first-order chi connectivity index (χ1) is 31.0. The van der Waals surface area contributed by atoms with Crippen LogP contribution in [0.25, 0.3) is 22.2 Å². The van der Waals surface area contributed by atoms with Crippen LogP contribution in [0.1, 0.15) is 110 Å². The van der Waals surface area contributed by atoms with Crippen molar-refractivity contribution in [3.63, 3.8) is 0 Å². The highest BCUT2D eigenvalue weighted by Gasteiger charge is 2.61. The third-order valence-corrected chi connectivity index (χ3v) is 14.4. The number of Topliss-reactive ketones (excluding diaryl/α,β-unsaturated/α-hetero) is 1. The van der Waals surface area contributed by atoms with E-state index in [4.69, 9.17) is 28.0 Å². The number of pyridine rings is 2. The summed E-state index contributed by atoms with van der Waals surface area (Å²) in [6.07, 6.45) is 6.90. The molecule has 340 valence electrons. The van der Waals surface area contributed by atoms with Gasteiger partial charge in [0.15, 0.2) is 5.78 Å². The van der Waals surface area contributed by atoms with Crippen LogP contribution in [0.2, 0.25) is 0 Å². The maximum Gasteiger partial charge on any atom is 0.307 e. The summed E-state index contributed by atoms with van der Waals surface area (Å²) in [7, 11) is -2.37. The molecule has 2 aliphatic carbocycles. The second-order valence-corrected chi connectivity index (χ2v) is 20.8. The molecule has 15 heteroatoms.